The lowest BCUT2D eigenvalue weighted by molar-refractivity contribution is 0.306. The van der Waals surface area contributed by atoms with Gasteiger partial charge in [-0.25, -0.2) is 4.98 Å². The molecule has 0 unspecified atom stereocenters. The highest BCUT2D eigenvalue weighted by atomic mass is 35.5. The topological polar surface area (TPSA) is 29.0 Å². The van der Waals surface area contributed by atoms with Crippen LogP contribution in [0.5, 0.6) is 0 Å². The Labute approximate surface area is 87.9 Å². The van der Waals surface area contributed by atoms with Crippen molar-refractivity contribution in [2.24, 2.45) is 0 Å². The molecule has 1 aromatic rings. The van der Waals surface area contributed by atoms with E-state index >= 15 is 0 Å². The number of rotatable bonds is 5. The van der Waals surface area contributed by atoms with Gasteiger partial charge in [0.1, 0.15) is 5.82 Å². The molecule has 0 N–H and O–H groups in total. The zero-order valence-electron chi connectivity index (χ0n) is 7.96. The van der Waals surface area contributed by atoms with Crippen LogP contribution in [0.4, 0.5) is 0 Å². The number of nitrogens with zero attached hydrogens (tertiary/aromatic N) is 3. The van der Waals surface area contributed by atoms with Gasteiger partial charge in [-0.05, 0) is 36.2 Å². The molecule has 0 fully saturated rings. The van der Waals surface area contributed by atoms with E-state index in [2.05, 4.69) is 28.1 Å². The Morgan fingerprint density at radius 3 is 2.54 bits per heavy atom. The van der Waals surface area contributed by atoms with Crippen molar-refractivity contribution in [3.8, 4) is 0 Å². The summed E-state index contributed by atoms with van der Waals surface area (Å²) in [7, 11) is 0. The summed E-state index contributed by atoms with van der Waals surface area (Å²) in [5.41, 5.74) is 0. The lowest BCUT2D eigenvalue weighted by Gasteiger charge is -2.16. The quantitative estimate of drug-likeness (QED) is 0.760. The van der Waals surface area contributed by atoms with Gasteiger partial charge < -0.3 is 4.90 Å². The molecule has 0 amide bonds. The van der Waals surface area contributed by atoms with E-state index in [4.69, 9.17) is 11.6 Å². The summed E-state index contributed by atoms with van der Waals surface area (Å²) in [6.07, 6.45) is 0.894. The molecule has 0 aliphatic carbocycles. The lowest BCUT2D eigenvalue weighted by Crippen LogP contribution is -2.25. The number of hydrogen-bond donors (Lipinski definition) is 0. The largest absolute Gasteiger partial charge is 0.303 e. The van der Waals surface area contributed by atoms with Gasteiger partial charge in [-0.3, -0.25) is 0 Å². The Balaban J connectivity index is 2.33. The first kappa shape index (κ1) is 10.9. The van der Waals surface area contributed by atoms with Crippen LogP contribution < -0.4 is 0 Å². The van der Waals surface area contributed by atoms with E-state index in [-0.39, 0.29) is 0 Å². The van der Waals surface area contributed by atoms with E-state index in [9.17, 15) is 0 Å². The summed E-state index contributed by atoms with van der Waals surface area (Å²) in [6.45, 7) is 7.48. The van der Waals surface area contributed by atoms with Gasteiger partial charge in [-0.2, -0.15) is 4.37 Å². The van der Waals surface area contributed by atoms with Crippen LogP contribution >= 0.6 is 23.1 Å². The van der Waals surface area contributed by atoms with Crippen LogP contribution in [0.2, 0.25) is 4.47 Å². The van der Waals surface area contributed by atoms with Gasteiger partial charge >= 0.3 is 0 Å². The molecular formula is C8H14ClN3S. The van der Waals surface area contributed by atoms with Crippen LogP contribution in [0.25, 0.3) is 0 Å². The zero-order chi connectivity index (χ0) is 9.68. The second kappa shape index (κ2) is 5.52. The van der Waals surface area contributed by atoms with Crippen molar-refractivity contribution in [3.05, 3.63) is 10.3 Å². The van der Waals surface area contributed by atoms with Crippen molar-refractivity contribution >= 4 is 23.1 Å². The zero-order valence-corrected chi connectivity index (χ0v) is 9.53. The maximum Gasteiger partial charge on any atom is 0.203 e. The van der Waals surface area contributed by atoms with Crippen LogP contribution in [0.3, 0.4) is 0 Å². The molecule has 0 aliphatic heterocycles. The molecule has 0 saturated carbocycles. The fourth-order valence-electron chi connectivity index (χ4n) is 1.13. The van der Waals surface area contributed by atoms with Gasteiger partial charge in [0.05, 0.1) is 0 Å². The molecule has 1 heterocycles. The van der Waals surface area contributed by atoms with Gasteiger partial charge in [0, 0.05) is 13.0 Å². The highest BCUT2D eigenvalue weighted by Gasteiger charge is 2.04. The highest BCUT2D eigenvalue weighted by molar-refractivity contribution is 7.10. The number of likely N-dealkylation sites (N-methyl/N-ethyl adjacent to an activating group) is 1. The van der Waals surface area contributed by atoms with Crippen LogP contribution in [0.15, 0.2) is 0 Å². The lowest BCUT2D eigenvalue weighted by atomic mass is 10.3. The third kappa shape index (κ3) is 3.58. The fraction of sp³-hybridized carbons (Fsp3) is 0.750. The molecule has 74 valence electrons. The van der Waals surface area contributed by atoms with Crippen molar-refractivity contribution in [3.63, 3.8) is 0 Å². The second-order valence-corrected chi connectivity index (χ2v) is 4.07. The molecule has 0 aromatic carbocycles. The van der Waals surface area contributed by atoms with E-state index < -0.39 is 0 Å². The first-order valence-corrected chi connectivity index (χ1v) is 5.61. The molecule has 0 aliphatic rings. The summed E-state index contributed by atoms with van der Waals surface area (Å²) >= 11 is 6.93. The first-order valence-electron chi connectivity index (χ1n) is 4.46. The Kier molecular flexibility index (Phi) is 4.62. The van der Waals surface area contributed by atoms with Crippen LogP contribution in [0.1, 0.15) is 19.7 Å². The van der Waals surface area contributed by atoms with Crippen molar-refractivity contribution in [1.29, 1.82) is 0 Å². The van der Waals surface area contributed by atoms with Crippen molar-refractivity contribution in [1.82, 2.24) is 14.3 Å². The Morgan fingerprint density at radius 1 is 1.38 bits per heavy atom. The number of aromatic nitrogens is 2. The minimum Gasteiger partial charge on any atom is -0.303 e. The Bertz CT molecular complexity index is 247. The molecule has 5 heteroatoms. The van der Waals surface area contributed by atoms with E-state index in [1.165, 1.54) is 11.5 Å². The minimum absolute atomic E-state index is 0.537. The average Bonchev–Trinajstić information content (AvgIpc) is 2.53. The van der Waals surface area contributed by atoms with Gasteiger partial charge in [0.25, 0.3) is 0 Å². The summed E-state index contributed by atoms with van der Waals surface area (Å²) in [5.74, 6) is 0.863. The molecule has 13 heavy (non-hydrogen) atoms. The predicted molar refractivity (Wildman–Crippen MR) is 56.4 cm³/mol. The van der Waals surface area contributed by atoms with E-state index in [1.54, 1.807) is 0 Å². The predicted octanol–water partition coefficient (Wildman–Crippen LogP) is 2.08. The maximum atomic E-state index is 5.67. The minimum atomic E-state index is 0.537. The van der Waals surface area contributed by atoms with Crippen molar-refractivity contribution in [2.45, 2.75) is 20.3 Å². The molecular weight excluding hydrogens is 206 g/mol. The van der Waals surface area contributed by atoms with Crippen molar-refractivity contribution in [2.75, 3.05) is 19.6 Å². The van der Waals surface area contributed by atoms with Gasteiger partial charge in [0.15, 0.2) is 0 Å². The SMILES string of the molecule is CCN(CC)CCc1nsc(Cl)n1. The van der Waals surface area contributed by atoms with Crippen molar-refractivity contribution < 1.29 is 0 Å². The third-order valence-electron chi connectivity index (χ3n) is 1.99. The average molecular weight is 220 g/mol. The molecule has 0 spiro atoms. The molecule has 0 radical (unpaired) electrons. The highest BCUT2D eigenvalue weighted by Crippen LogP contribution is 2.10. The summed E-state index contributed by atoms with van der Waals surface area (Å²) in [6, 6.07) is 0. The van der Waals surface area contributed by atoms with Gasteiger partial charge in [-0.15, -0.1) is 0 Å². The fourth-order valence-corrected chi connectivity index (χ4v) is 1.79. The first-order chi connectivity index (χ1) is 6.26. The second-order valence-electron chi connectivity index (χ2n) is 2.74. The van der Waals surface area contributed by atoms with E-state index in [0.29, 0.717) is 4.47 Å². The molecule has 1 aromatic heterocycles. The van der Waals surface area contributed by atoms with E-state index in [0.717, 1.165) is 31.9 Å². The van der Waals surface area contributed by atoms with Crippen LogP contribution in [-0.4, -0.2) is 33.9 Å². The maximum absolute atomic E-state index is 5.67. The summed E-state index contributed by atoms with van der Waals surface area (Å²) < 4.78 is 4.66. The Morgan fingerprint density at radius 2 is 2.08 bits per heavy atom. The molecule has 1 rings (SSSR count). The van der Waals surface area contributed by atoms with Crippen LogP contribution in [0, 0.1) is 0 Å². The number of hydrogen-bond acceptors (Lipinski definition) is 4. The molecule has 0 atom stereocenters. The van der Waals surface area contributed by atoms with E-state index in [1.807, 2.05) is 0 Å². The normalized spacial score (nSPS) is 11.1. The van der Waals surface area contributed by atoms with Gasteiger partial charge in [-0.1, -0.05) is 13.8 Å². The third-order valence-corrected chi connectivity index (χ3v) is 2.82. The smallest absolute Gasteiger partial charge is 0.203 e. The molecule has 0 saturated heterocycles. The molecule has 0 bridgehead atoms. The Hall–Kier alpha value is -0.190. The summed E-state index contributed by atoms with van der Waals surface area (Å²) in [4.78, 5) is 6.44. The standard InChI is InChI=1S/C8H14ClN3S/c1-3-12(4-2)6-5-7-10-8(9)13-11-7/h3-6H2,1-2H3. The summed E-state index contributed by atoms with van der Waals surface area (Å²) in [5, 5.41) is 0. The number of halogens is 1. The molecule has 3 nitrogen and oxygen atoms in total. The monoisotopic (exact) mass is 219 g/mol. The van der Waals surface area contributed by atoms with Crippen LogP contribution in [-0.2, 0) is 6.42 Å². The van der Waals surface area contributed by atoms with Gasteiger partial charge in [0.2, 0.25) is 4.47 Å².